The van der Waals surface area contributed by atoms with E-state index in [-0.39, 0.29) is 12.5 Å². The smallest absolute Gasteiger partial charge is 0.263 e. The molecule has 1 N–H and O–H groups in total. The lowest BCUT2D eigenvalue weighted by Crippen LogP contribution is -2.21. The Morgan fingerprint density at radius 2 is 2.16 bits per heavy atom. The van der Waals surface area contributed by atoms with Crippen molar-refractivity contribution in [3.8, 4) is 5.75 Å². The van der Waals surface area contributed by atoms with Crippen molar-refractivity contribution in [3.05, 3.63) is 41.6 Å². The van der Waals surface area contributed by atoms with Crippen LogP contribution in [-0.2, 0) is 11.8 Å². The van der Waals surface area contributed by atoms with Crippen LogP contribution in [0.4, 0.5) is 5.82 Å². The number of benzene rings is 1. The fourth-order valence-electron chi connectivity index (χ4n) is 1.78. The lowest BCUT2D eigenvalue weighted by molar-refractivity contribution is -0.118. The standard InChI is InChI=1S/C14H17N3O2/c1-10-4-5-12(11(2)8-10)19-9-14(18)16-13-6-7-15-17(13)3/h4-8H,9H2,1-3H3,(H,16,18). The number of amides is 1. The van der Waals surface area contributed by atoms with Gasteiger partial charge in [0, 0.05) is 13.1 Å². The number of carbonyl (C=O) groups excluding carboxylic acids is 1. The highest BCUT2D eigenvalue weighted by molar-refractivity contribution is 5.91. The molecule has 0 saturated carbocycles. The van der Waals surface area contributed by atoms with Crippen LogP contribution in [0.1, 0.15) is 11.1 Å². The van der Waals surface area contributed by atoms with E-state index in [9.17, 15) is 4.79 Å². The summed E-state index contributed by atoms with van der Waals surface area (Å²) in [6.45, 7) is 3.96. The van der Waals surface area contributed by atoms with E-state index in [1.54, 1.807) is 24.0 Å². The summed E-state index contributed by atoms with van der Waals surface area (Å²) in [7, 11) is 1.76. The van der Waals surface area contributed by atoms with Gasteiger partial charge < -0.3 is 10.1 Å². The highest BCUT2D eigenvalue weighted by atomic mass is 16.5. The Labute approximate surface area is 112 Å². The van der Waals surface area contributed by atoms with Gasteiger partial charge >= 0.3 is 0 Å². The first-order valence-corrected chi connectivity index (χ1v) is 6.04. The minimum absolute atomic E-state index is 0.0188. The Morgan fingerprint density at radius 3 is 2.79 bits per heavy atom. The van der Waals surface area contributed by atoms with E-state index in [0.717, 1.165) is 11.3 Å². The first-order chi connectivity index (χ1) is 9.06. The molecule has 0 bridgehead atoms. The van der Waals surface area contributed by atoms with Gasteiger partial charge in [-0.1, -0.05) is 17.7 Å². The molecule has 0 spiro atoms. The van der Waals surface area contributed by atoms with E-state index in [4.69, 9.17) is 4.74 Å². The first kappa shape index (κ1) is 13.1. The third kappa shape index (κ3) is 3.34. The maximum atomic E-state index is 11.7. The molecule has 1 heterocycles. The third-order valence-electron chi connectivity index (χ3n) is 2.78. The monoisotopic (exact) mass is 259 g/mol. The number of anilines is 1. The molecule has 5 heteroatoms. The van der Waals surface area contributed by atoms with Crippen LogP contribution in [-0.4, -0.2) is 22.3 Å². The summed E-state index contributed by atoms with van der Waals surface area (Å²) in [5.74, 6) is 1.17. The quantitative estimate of drug-likeness (QED) is 0.914. The number of rotatable bonds is 4. The molecule has 0 saturated heterocycles. The predicted octanol–water partition coefficient (Wildman–Crippen LogP) is 2.05. The van der Waals surface area contributed by atoms with E-state index in [2.05, 4.69) is 10.4 Å². The van der Waals surface area contributed by atoms with Crippen LogP contribution in [0.25, 0.3) is 0 Å². The van der Waals surface area contributed by atoms with Crippen LogP contribution in [0.3, 0.4) is 0 Å². The zero-order chi connectivity index (χ0) is 13.8. The molecule has 100 valence electrons. The highest BCUT2D eigenvalue weighted by Crippen LogP contribution is 2.18. The Morgan fingerprint density at radius 1 is 1.37 bits per heavy atom. The number of nitrogens with one attached hydrogen (secondary N) is 1. The summed E-state index contributed by atoms with van der Waals surface area (Å²) in [6, 6.07) is 7.59. The Balaban J connectivity index is 1.92. The summed E-state index contributed by atoms with van der Waals surface area (Å²) in [5.41, 5.74) is 2.19. The number of ether oxygens (including phenoxy) is 1. The fourth-order valence-corrected chi connectivity index (χ4v) is 1.78. The van der Waals surface area contributed by atoms with Gasteiger partial charge in [-0.3, -0.25) is 9.48 Å². The lowest BCUT2D eigenvalue weighted by atomic mass is 10.1. The minimum atomic E-state index is -0.205. The topological polar surface area (TPSA) is 56.1 Å². The molecule has 0 aliphatic rings. The summed E-state index contributed by atoms with van der Waals surface area (Å²) in [5, 5.41) is 6.70. The molecular weight excluding hydrogens is 242 g/mol. The van der Waals surface area contributed by atoms with Gasteiger partial charge in [0.25, 0.3) is 5.91 Å². The van der Waals surface area contributed by atoms with E-state index >= 15 is 0 Å². The Hall–Kier alpha value is -2.30. The van der Waals surface area contributed by atoms with Crippen molar-refractivity contribution in [2.45, 2.75) is 13.8 Å². The average molecular weight is 259 g/mol. The summed E-state index contributed by atoms with van der Waals surface area (Å²) >= 11 is 0. The van der Waals surface area contributed by atoms with Crippen molar-refractivity contribution in [1.29, 1.82) is 0 Å². The van der Waals surface area contributed by atoms with Crippen molar-refractivity contribution in [1.82, 2.24) is 9.78 Å². The first-order valence-electron chi connectivity index (χ1n) is 6.04. The van der Waals surface area contributed by atoms with Crippen molar-refractivity contribution >= 4 is 11.7 Å². The van der Waals surface area contributed by atoms with Gasteiger partial charge in [-0.25, -0.2) is 0 Å². The van der Waals surface area contributed by atoms with Crippen LogP contribution >= 0.6 is 0 Å². The second-order valence-corrected chi connectivity index (χ2v) is 4.45. The molecular formula is C14H17N3O2. The van der Waals surface area contributed by atoms with Gasteiger partial charge in [-0.2, -0.15) is 5.10 Å². The van der Waals surface area contributed by atoms with Crippen LogP contribution in [0.2, 0.25) is 0 Å². The van der Waals surface area contributed by atoms with Crippen molar-refractivity contribution in [3.63, 3.8) is 0 Å². The molecule has 1 aromatic heterocycles. The molecule has 2 rings (SSSR count). The molecule has 1 aromatic carbocycles. The fraction of sp³-hybridized carbons (Fsp3) is 0.286. The van der Waals surface area contributed by atoms with Gasteiger partial charge in [0.05, 0.1) is 6.20 Å². The number of carbonyl (C=O) groups is 1. The van der Waals surface area contributed by atoms with Gasteiger partial charge in [0.15, 0.2) is 6.61 Å². The molecule has 0 aliphatic carbocycles. The minimum Gasteiger partial charge on any atom is -0.483 e. The molecule has 0 atom stereocenters. The van der Waals surface area contributed by atoms with Gasteiger partial charge in [0.2, 0.25) is 0 Å². The maximum absolute atomic E-state index is 11.7. The molecule has 0 radical (unpaired) electrons. The second kappa shape index (κ2) is 5.56. The zero-order valence-electron chi connectivity index (χ0n) is 11.3. The summed E-state index contributed by atoms with van der Waals surface area (Å²) in [6.07, 6.45) is 1.63. The number of hydrogen-bond acceptors (Lipinski definition) is 3. The lowest BCUT2D eigenvalue weighted by Gasteiger charge is -2.10. The average Bonchev–Trinajstić information content (AvgIpc) is 2.74. The van der Waals surface area contributed by atoms with Crippen LogP contribution in [0, 0.1) is 13.8 Å². The second-order valence-electron chi connectivity index (χ2n) is 4.45. The molecule has 19 heavy (non-hydrogen) atoms. The molecule has 0 aliphatic heterocycles. The summed E-state index contributed by atoms with van der Waals surface area (Å²) in [4.78, 5) is 11.7. The SMILES string of the molecule is Cc1ccc(OCC(=O)Nc2ccnn2C)c(C)c1. The van der Waals surface area contributed by atoms with Crippen molar-refractivity contribution in [2.24, 2.45) is 7.05 Å². The largest absolute Gasteiger partial charge is 0.483 e. The normalized spacial score (nSPS) is 10.3. The molecule has 5 nitrogen and oxygen atoms in total. The van der Waals surface area contributed by atoms with E-state index in [0.29, 0.717) is 5.82 Å². The van der Waals surface area contributed by atoms with Crippen LogP contribution in [0.5, 0.6) is 5.75 Å². The van der Waals surface area contributed by atoms with E-state index < -0.39 is 0 Å². The maximum Gasteiger partial charge on any atom is 0.263 e. The highest BCUT2D eigenvalue weighted by Gasteiger charge is 2.07. The molecule has 0 fully saturated rings. The van der Waals surface area contributed by atoms with E-state index in [1.807, 2.05) is 32.0 Å². The van der Waals surface area contributed by atoms with Gasteiger partial charge in [-0.15, -0.1) is 0 Å². The molecule has 0 unspecified atom stereocenters. The summed E-state index contributed by atoms with van der Waals surface area (Å²) < 4.78 is 7.09. The van der Waals surface area contributed by atoms with Crippen molar-refractivity contribution < 1.29 is 9.53 Å². The Bertz CT molecular complexity index is 590. The number of hydrogen-bond donors (Lipinski definition) is 1. The molecule has 2 aromatic rings. The Kier molecular flexibility index (Phi) is 3.85. The predicted molar refractivity (Wildman–Crippen MR) is 73.2 cm³/mol. The zero-order valence-corrected chi connectivity index (χ0v) is 11.3. The number of nitrogens with zero attached hydrogens (tertiary/aromatic N) is 2. The third-order valence-corrected chi connectivity index (χ3v) is 2.78. The number of aryl methyl sites for hydroxylation is 3. The number of aromatic nitrogens is 2. The van der Waals surface area contributed by atoms with Gasteiger partial charge in [-0.05, 0) is 25.5 Å². The van der Waals surface area contributed by atoms with Gasteiger partial charge in [0.1, 0.15) is 11.6 Å². The van der Waals surface area contributed by atoms with Crippen molar-refractivity contribution in [2.75, 3.05) is 11.9 Å². The van der Waals surface area contributed by atoms with Crippen LogP contribution < -0.4 is 10.1 Å². The molecule has 1 amide bonds. The van der Waals surface area contributed by atoms with E-state index in [1.165, 1.54) is 5.56 Å². The van der Waals surface area contributed by atoms with Crippen LogP contribution in [0.15, 0.2) is 30.5 Å².